The van der Waals surface area contributed by atoms with Gasteiger partial charge in [-0.1, -0.05) is 26.8 Å². The van der Waals surface area contributed by atoms with Gasteiger partial charge in [0.05, 0.1) is 4.47 Å². The van der Waals surface area contributed by atoms with Gasteiger partial charge >= 0.3 is 0 Å². The molecular formula is C13H19BrFN. The van der Waals surface area contributed by atoms with Gasteiger partial charge in [0.1, 0.15) is 5.82 Å². The number of halogens is 2. The Morgan fingerprint density at radius 3 is 2.56 bits per heavy atom. The molecular weight excluding hydrogens is 269 g/mol. The van der Waals surface area contributed by atoms with E-state index < -0.39 is 0 Å². The minimum Gasteiger partial charge on any atom is -0.310 e. The van der Waals surface area contributed by atoms with Crippen LogP contribution in [-0.4, -0.2) is 6.54 Å². The maximum Gasteiger partial charge on any atom is 0.137 e. The third-order valence-electron chi connectivity index (χ3n) is 2.58. The van der Waals surface area contributed by atoms with Crippen LogP contribution in [0.3, 0.4) is 0 Å². The van der Waals surface area contributed by atoms with Gasteiger partial charge in [0.15, 0.2) is 0 Å². The first kappa shape index (κ1) is 13.7. The van der Waals surface area contributed by atoms with E-state index in [1.54, 1.807) is 0 Å². The number of nitrogens with one attached hydrogen (secondary N) is 1. The molecule has 0 spiro atoms. The zero-order valence-electron chi connectivity index (χ0n) is 10.1. The van der Waals surface area contributed by atoms with Crippen molar-refractivity contribution in [2.45, 2.75) is 33.2 Å². The van der Waals surface area contributed by atoms with Crippen LogP contribution in [0.15, 0.2) is 22.7 Å². The molecule has 1 nitrogen and oxygen atoms in total. The fourth-order valence-corrected chi connectivity index (χ4v) is 2.14. The lowest BCUT2D eigenvalue weighted by Crippen LogP contribution is -2.26. The summed E-state index contributed by atoms with van der Waals surface area (Å²) in [5.41, 5.74) is 1.14. The van der Waals surface area contributed by atoms with Gasteiger partial charge in [-0.15, -0.1) is 0 Å². The van der Waals surface area contributed by atoms with E-state index in [4.69, 9.17) is 0 Å². The molecule has 16 heavy (non-hydrogen) atoms. The lowest BCUT2D eigenvalue weighted by molar-refractivity contribution is 0.412. The minimum absolute atomic E-state index is 0.207. The maximum atomic E-state index is 13.1. The number of rotatable bonds is 5. The molecule has 1 atom stereocenters. The van der Waals surface area contributed by atoms with Crippen LogP contribution in [0.25, 0.3) is 0 Å². The van der Waals surface area contributed by atoms with Crippen molar-refractivity contribution in [3.63, 3.8) is 0 Å². The summed E-state index contributed by atoms with van der Waals surface area (Å²) in [6.07, 6.45) is 1.10. The van der Waals surface area contributed by atoms with Crippen molar-refractivity contribution in [3.8, 4) is 0 Å². The van der Waals surface area contributed by atoms with E-state index in [9.17, 15) is 4.39 Å². The van der Waals surface area contributed by atoms with E-state index >= 15 is 0 Å². The highest BCUT2D eigenvalue weighted by molar-refractivity contribution is 9.10. The van der Waals surface area contributed by atoms with Crippen molar-refractivity contribution >= 4 is 15.9 Å². The van der Waals surface area contributed by atoms with Crippen LogP contribution >= 0.6 is 15.9 Å². The SMILES string of the molecule is CCCNC(c1ccc(F)c(Br)c1)C(C)C. The van der Waals surface area contributed by atoms with Gasteiger partial charge in [0.2, 0.25) is 0 Å². The van der Waals surface area contributed by atoms with Crippen molar-refractivity contribution in [2.75, 3.05) is 6.54 Å². The molecule has 1 aromatic carbocycles. The Bertz CT molecular complexity index is 339. The second kappa shape index (κ2) is 6.36. The highest BCUT2D eigenvalue weighted by atomic mass is 79.9. The highest BCUT2D eigenvalue weighted by Gasteiger charge is 2.15. The Labute approximate surface area is 106 Å². The number of hydrogen-bond donors (Lipinski definition) is 1. The summed E-state index contributed by atoms with van der Waals surface area (Å²) < 4.78 is 13.7. The van der Waals surface area contributed by atoms with Crippen LogP contribution in [0.1, 0.15) is 38.8 Å². The Morgan fingerprint density at radius 2 is 2.06 bits per heavy atom. The molecule has 0 heterocycles. The van der Waals surface area contributed by atoms with Gasteiger partial charge in [-0.05, 0) is 52.5 Å². The summed E-state index contributed by atoms with van der Waals surface area (Å²) in [6, 6.07) is 5.52. The summed E-state index contributed by atoms with van der Waals surface area (Å²) in [5.74, 6) is 0.283. The van der Waals surface area contributed by atoms with Gasteiger partial charge in [-0.3, -0.25) is 0 Å². The zero-order chi connectivity index (χ0) is 12.1. The monoisotopic (exact) mass is 287 g/mol. The minimum atomic E-state index is -0.207. The van der Waals surface area contributed by atoms with Crippen molar-refractivity contribution in [3.05, 3.63) is 34.1 Å². The second-order valence-corrected chi connectivity index (χ2v) is 5.20. The Balaban J connectivity index is 2.88. The van der Waals surface area contributed by atoms with E-state index in [1.807, 2.05) is 12.1 Å². The molecule has 0 saturated carbocycles. The molecule has 0 aliphatic heterocycles. The fraction of sp³-hybridized carbons (Fsp3) is 0.538. The van der Waals surface area contributed by atoms with Gasteiger partial charge in [-0.2, -0.15) is 0 Å². The van der Waals surface area contributed by atoms with E-state index in [2.05, 4.69) is 42.0 Å². The molecule has 0 aromatic heterocycles. The van der Waals surface area contributed by atoms with E-state index in [0.717, 1.165) is 18.5 Å². The van der Waals surface area contributed by atoms with Crippen molar-refractivity contribution in [1.82, 2.24) is 5.32 Å². The second-order valence-electron chi connectivity index (χ2n) is 4.35. The first-order valence-corrected chi connectivity index (χ1v) is 6.54. The van der Waals surface area contributed by atoms with Crippen molar-refractivity contribution in [2.24, 2.45) is 5.92 Å². The molecule has 0 saturated heterocycles. The summed E-state index contributed by atoms with van der Waals surface area (Å²) in [6.45, 7) is 7.47. The number of benzene rings is 1. The third kappa shape index (κ3) is 3.56. The molecule has 0 aliphatic rings. The molecule has 1 rings (SSSR count). The van der Waals surface area contributed by atoms with Crippen molar-refractivity contribution < 1.29 is 4.39 Å². The quantitative estimate of drug-likeness (QED) is 0.852. The Morgan fingerprint density at radius 1 is 1.38 bits per heavy atom. The van der Waals surface area contributed by atoms with Gasteiger partial charge in [0, 0.05) is 6.04 Å². The van der Waals surface area contributed by atoms with Crippen LogP contribution in [-0.2, 0) is 0 Å². The van der Waals surface area contributed by atoms with Crippen LogP contribution in [0.2, 0.25) is 0 Å². The standard InChI is InChI=1S/C13H19BrFN/c1-4-7-16-13(9(2)3)10-5-6-12(15)11(14)8-10/h5-6,8-9,13,16H,4,7H2,1-3H3. The fourth-order valence-electron chi connectivity index (χ4n) is 1.74. The third-order valence-corrected chi connectivity index (χ3v) is 3.19. The molecule has 3 heteroatoms. The highest BCUT2D eigenvalue weighted by Crippen LogP contribution is 2.25. The van der Waals surface area contributed by atoms with Crippen LogP contribution < -0.4 is 5.32 Å². The largest absolute Gasteiger partial charge is 0.310 e. The molecule has 0 amide bonds. The molecule has 0 fully saturated rings. The molecule has 0 radical (unpaired) electrons. The molecule has 0 bridgehead atoms. The normalized spacial score (nSPS) is 13.1. The predicted molar refractivity (Wildman–Crippen MR) is 70.0 cm³/mol. The van der Waals surface area contributed by atoms with Crippen LogP contribution in [0.5, 0.6) is 0 Å². The van der Waals surface area contributed by atoms with Gasteiger partial charge in [-0.25, -0.2) is 4.39 Å². The van der Waals surface area contributed by atoms with E-state index in [0.29, 0.717) is 10.4 Å². The Hall–Kier alpha value is -0.410. The molecule has 0 aliphatic carbocycles. The summed E-state index contributed by atoms with van der Waals surface area (Å²) in [5, 5.41) is 3.49. The van der Waals surface area contributed by atoms with E-state index in [1.165, 1.54) is 6.07 Å². The van der Waals surface area contributed by atoms with E-state index in [-0.39, 0.29) is 11.9 Å². The number of hydrogen-bond acceptors (Lipinski definition) is 1. The molecule has 1 aromatic rings. The van der Waals surface area contributed by atoms with Crippen molar-refractivity contribution in [1.29, 1.82) is 0 Å². The topological polar surface area (TPSA) is 12.0 Å². The summed E-state index contributed by atoms with van der Waals surface area (Å²) in [7, 11) is 0. The van der Waals surface area contributed by atoms with Crippen LogP contribution in [0.4, 0.5) is 4.39 Å². The van der Waals surface area contributed by atoms with Gasteiger partial charge in [0.25, 0.3) is 0 Å². The lowest BCUT2D eigenvalue weighted by atomic mass is 9.96. The molecule has 1 N–H and O–H groups in total. The molecule has 90 valence electrons. The average molecular weight is 288 g/mol. The smallest absolute Gasteiger partial charge is 0.137 e. The first-order chi connectivity index (χ1) is 7.56. The summed E-state index contributed by atoms with van der Waals surface area (Å²) in [4.78, 5) is 0. The summed E-state index contributed by atoms with van der Waals surface area (Å²) >= 11 is 3.23. The average Bonchev–Trinajstić information content (AvgIpc) is 2.23. The maximum absolute atomic E-state index is 13.1. The van der Waals surface area contributed by atoms with Crippen LogP contribution in [0, 0.1) is 11.7 Å². The van der Waals surface area contributed by atoms with Gasteiger partial charge < -0.3 is 5.32 Å². The zero-order valence-corrected chi connectivity index (χ0v) is 11.6. The predicted octanol–water partition coefficient (Wildman–Crippen LogP) is 4.28. The lowest BCUT2D eigenvalue weighted by Gasteiger charge is -2.23. The Kier molecular flexibility index (Phi) is 5.42. The molecule has 1 unspecified atom stereocenters. The first-order valence-electron chi connectivity index (χ1n) is 5.74.